The van der Waals surface area contributed by atoms with Crippen molar-refractivity contribution in [3.8, 4) is 5.69 Å². The Labute approximate surface area is 216 Å². The van der Waals surface area contributed by atoms with Crippen LogP contribution in [0.25, 0.3) is 5.69 Å². The number of rotatable bonds is 5. The molecule has 2 saturated heterocycles. The Hall–Kier alpha value is -3.28. The molecule has 11 nitrogen and oxygen atoms in total. The van der Waals surface area contributed by atoms with Gasteiger partial charge in [0.15, 0.2) is 0 Å². The molecule has 5 N–H and O–H groups in total. The lowest BCUT2D eigenvalue weighted by Crippen LogP contribution is -2.58. The van der Waals surface area contributed by atoms with E-state index in [9.17, 15) is 14.4 Å². The fourth-order valence-electron chi connectivity index (χ4n) is 5.31. The predicted octanol–water partition coefficient (Wildman–Crippen LogP) is 0.569. The summed E-state index contributed by atoms with van der Waals surface area (Å²) in [6, 6.07) is 9.38. The van der Waals surface area contributed by atoms with Crippen molar-refractivity contribution < 1.29 is 9.59 Å². The number of likely N-dealkylation sites (tertiary alicyclic amines) is 1. The second-order valence-electron chi connectivity index (χ2n) is 11.2. The molecule has 1 spiro atoms. The number of carbonyl (C=O) groups is 2. The average Bonchev–Trinajstić information content (AvgIpc) is 3.57. The van der Waals surface area contributed by atoms with E-state index in [1.165, 1.54) is 23.0 Å². The number of amides is 3. The Morgan fingerprint density at radius 1 is 1.08 bits per heavy atom. The summed E-state index contributed by atoms with van der Waals surface area (Å²) in [7, 11) is 0. The fourth-order valence-corrected chi connectivity index (χ4v) is 5.31. The maximum atomic E-state index is 12.7. The molecule has 5 rings (SSSR count). The smallest absolute Gasteiger partial charge is 0.338 e. The number of aromatic nitrogens is 2. The predicted molar refractivity (Wildman–Crippen MR) is 140 cm³/mol. The number of hydrogen-bond acceptors (Lipinski definition) is 7. The van der Waals surface area contributed by atoms with E-state index >= 15 is 0 Å². The van der Waals surface area contributed by atoms with Crippen molar-refractivity contribution in [2.45, 2.75) is 44.8 Å². The van der Waals surface area contributed by atoms with Gasteiger partial charge in [0.25, 0.3) is 0 Å². The zero-order valence-corrected chi connectivity index (χ0v) is 21.5. The van der Waals surface area contributed by atoms with Gasteiger partial charge in [0.05, 0.1) is 11.2 Å². The van der Waals surface area contributed by atoms with E-state index in [1.807, 2.05) is 24.3 Å². The zero-order valence-electron chi connectivity index (χ0n) is 21.5. The number of benzene rings is 1. The van der Waals surface area contributed by atoms with Crippen molar-refractivity contribution in [3.05, 3.63) is 52.6 Å². The van der Waals surface area contributed by atoms with Gasteiger partial charge in [-0.3, -0.25) is 19.6 Å². The molecule has 3 aliphatic rings. The average molecular weight is 509 g/mol. The van der Waals surface area contributed by atoms with E-state index in [4.69, 9.17) is 11.5 Å². The molecule has 2 aliphatic heterocycles. The Balaban J connectivity index is 1.16. The summed E-state index contributed by atoms with van der Waals surface area (Å²) in [6.45, 7) is 7.74. The van der Waals surface area contributed by atoms with Gasteiger partial charge in [0, 0.05) is 58.1 Å². The van der Waals surface area contributed by atoms with Crippen LogP contribution in [-0.4, -0.2) is 87.0 Å². The summed E-state index contributed by atoms with van der Waals surface area (Å²) in [5, 5.41) is 2.69. The topological polar surface area (TPSA) is 143 Å². The van der Waals surface area contributed by atoms with Gasteiger partial charge in [-0.1, -0.05) is 12.1 Å². The summed E-state index contributed by atoms with van der Waals surface area (Å²) in [4.78, 5) is 47.4. The molecule has 198 valence electrons. The normalized spacial score (nSPS) is 21.4. The number of piperazine rings is 1. The highest BCUT2D eigenvalue weighted by atomic mass is 16.2. The molecule has 3 amide bonds. The van der Waals surface area contributed by atoms with Crippen molar-refractivity contribution in [1.82, 2.24) is 24.3 Å². The third kappa shape index (κ3) is 5.39. The van der Waals surface area contributed by atoms with Gasteiger partial charge >= 0.3 is 11.7 Å². The number of nitrogens with zero attached hydrogens (tertiary/aromatic N) is 5. The summed E-state index contributed by atoms with van der Waals surface area (Å²) in [6.07, 6.45) is 4.08. The van der Waals surface area contributed by atoms with Gasteiger partial charge in [-0.25, -0.2) is 9.59 Å². The second kappa shape index (κ2) is 9.55. The van der Waals surface area contributed by atoms with E-state index in [-0.39, 0.29) is 23.8 Å². The Morgan fingerprint density at radius 2 is 1.73 bits per heavy atom. The SMILES string of the molecule is CC(C)(N)C(=O)N1CCN(C(=O)Nc2ccn(-c3ccc(CN4C[C@@H](N)C5(CC5)C4)cc3)c(=O)n2)CC1. The van der Waals surface area contributed by atoms with Crippen LogP contribution in [0.3, 0.4) is 0 Å². The van der Waals surface area contributed by atoms with Gasteiger partial charge < -0.3 is 21.3 Å². The van der Waals surface area contributed by atoms with Crippen LogP contribution in [0.4, 0.5) is 10.6 Å². The lowest BCUT2D eigenvalue weighted by molar-refractivity contribution is -0.137. The van der Waals surface area contributed by atoms with Crippen LogP contribution in [0.15, 0.2) is 41.3 Å². The summed E-state index contributed by atoms with van der Waals surface area (Å²) >= 11 is 0. The van der Waals surface area contributed by atoms with Crippen molar-refractivity contribution in [3.63, 3.8) is 0 Å². The molecule has 1 atom stereocenters. The maximum Gasteiger partial charge on any atom is 0.354 e. The largest absolute Gasteiger partial charge is 0.354 e. The van der Waals surface area contributed by atoms with E-state index in [0.29, 0.717) is 37.3 Å². The lowest BCUT2D eigenvalue weighted by atomic mass is 10.0. The van der Waals surface area contributed by atoms with E-state index in [1.54, 1.807) is 35.9 Å². The molecule has 1 aliphatic carbocycles. The molecule has 37 heavy (non-hydrogen) atoms. The summed E-state index contributed by atoms with van der Waals surface area (Å²) < 4.78 is 1.45. The van der Waals surface area contributed by atoms with Gasteiger partial charge in [-0.05, 0) is 55.9 Å². The van der Waals surface area contributed by atoms with Crippen molar-refractivity contribution >= 4 is 17.8 Å². The van der Waals surface area contributed by atoms with Gasteiger partial charge in [-0.2, -0.15) is 4.98 Å². The van der Waals surface area contributed by atoms with Gasteiger partial charge in [0.1, 0.15) is 5.82 Å². The van der Waals surface area contributed by atoms with E-state index < -0.39 is 11.2 Å². The quantitative estimate of drug-likeness (QED) is 0.536. The van der Waals surface area contributed by atoms with Crippen molar-refractivity contribution in [2.75, 3.05) is 44.6 Å². The molecular formula is C26H36N8O3. The van der Waals surface area contributed by atoms with Crippen LogP contribution in [0.1, 0.15) is 32.3 Å². The van der Waals surface area contributed by atoms with Crippen LogP contribution in [0, 0.1) is 5.41 Å². The first kappa shape index (κ1) is 25.4. The first-order valence-electron chi connectivity index (χ1n) is 12.9. The Bertz CT molecular complexity index is 1220. The molecule has 1 aromatic carbocycles. The van der Waals surface area contributed by atoms with Crippen molar-refractivity contribution in [2.24, 2.45) is 16.9 Å². The second-order valence-corrected chi connectivity index (χ2v) is 11.2. The molecule has 0 radical (unpaired) electrons. The Morgan fingerprint density at radius 3 is 2.30 bits per heavy atom. The minimum Gasteiger partial charge on any atom is -0.338 e. The number of urea groups is 1. The number of hydrogen-bond donors (Lipinski definition) is 3. The number of nitrogens with one attached hydrogen (secondary N) is 1. The van der Waals surface area contributed by atoms with Crippen LogP contribution in [0.2, 0.25) is 0 Å². The minimum absolute atomic E-state index is 0.141. The highest BCUT2D eigenvalue weighted by Crippen LogP contribution is 2.52. The monoisotopic (exact) mass is 508 g/mol. The number of anilines is 1. The molecule has 2 aromatic rings. The molecule has 3 fully saturated rings. The third-order valence-corrected chi connectivity index (χ3v) is 7.74. The first-order chi connectivity index (χ1) is 17.5. The highest BCUT2D eigenvalue weighted by molar-refractivity contribution is 5.89. The third-order valence-electron chi connectivity index (χ3n) is 7.74. The molecule has 3 heterocycles. The first-order valence-corrected chi connectivity index (χ1v) is 12.9. The lowest BCUT2D eigenvalue weighted by Gasteiger charge is -2.37. The molecule has 0 unspecified atom stereocenters. The van der Waals surface area contributed by atoms with E-state index in [0.717, 1.165) is 19.6 Å². The highest BCUT2D eigenvalue weighted by Gasteiger charge is 2.53. The van der Waals surface area contributed by atoms with Crippen molar-refractivity contribution in [1.29, 1.82) is 0 Å². The van der Waals surface area contributed by atoms with Crippen LogP contribution < -0.4 is 22.5 Å². The van der Waals surface area contributed by atoms with Crippen LogP contribution in [0.5, 0.6) is 0 Å². The maximum absolute atomic E-state index is 12.7. The molecular weight excluding hydrogens is 472 g/mol. The zero-order chi connectivity index (χ0) is 26.4. The molecule has 11 heteroatoms. The van der Waals surface area contributed by atoms with Gasteiger partial charge in [0.2, 0.25) is 5.91 Å². The summed E-state index contributed by atoms with van der Waals surface area (Å²) in [5.41, 5.74) is 13.0. The standard InChI is InChI=1S/C26H36N8O3/c1-25(2,28)22(35)32-11-13-33(14-12-32)23(36)29-21-7-10-34(24(37)30-21)19-5-3-18(4-6-19)15-31-16-20(27)26(17-31)8-9-26/h3-7,10,20H,8-9,11-17,27-28H2,1-2H3,(H,29,30,36,37)/t20-/m1/s1. The number of nitrogens with two attached hydrogens (primary N) is 2. The minimum atomic E-state index is -0.944. The number of carbonyl (C=O) groups excluding carboxylic acids is 2. The van der Waals surface area contributed by atoms with Crippen LogP contribution in [-0.2, 0) is 11.3 Å². The molecule has 0 bridgehead atoms. The van der Waals surface area contributed by atoms with E-state index in [2.05, 4.69) is 15.2 Å². The molecule has 1 aromatic heterocycles. The van der Waals surface area contributed by atoms with Gasteiger partial charge in [-0.15, -0.1) is 0 Å². The molecule has 1 saturated carbocycles. The summed E-state index contributed by atoms with van der Waals surface area (Å²) in [5.74, 6) is 0.0432. The Kier molecular flexibility index (Phi) is 6.55. The van der Waals surface area contributed by atoms with Crippen LogP contribution >= 0.6 is 0 Å². The fraction of sp³-hybridized carbons (Fsp3) is 0.538.